The molecule has 0 spiro atoms. The first-order valence-corrected chi connectivity index (χ1v) is 10.5. The zero-order valence-electron chi connectivity index (χ0n) is 18.2. The van der Waals surface area contributed by atoms with Crippen molar-refractivity contribution in [2.75, 3.05) is 5.32 Å². The molecule has 0 aliphatic carbocycles. The summed E-state index contributed by atoms with van der Waals surface area (Å²) in [6.07, 6.45) is 10.2. The molecule has 0 aliphatic rings. The standard InChI is InChI=1S/C23H26N8/c1-15(2)5-6-30-14-18(11-27-30)19-12-25-21(8-20(19)29-16(3)4)22-13-26-23-7-17(9-24)10-28-31(22)23/h7-8,10-16H,5-6H2,1-4H3,(H,25,29). The maximum absolute atomic E-state index is 9.09. The SMILES string of the molecule is CC(C)CCn1cc(-c2cnc(-c3cnc4cc(C#N)cnn34)cc2NC(C)C)cn1. The lowest BCUT2D eigenvalue weighted by Gasteiger charge is -2.15. The Hall–Kier alpha value is -3.73. The van der Waals surface area contributed by atoms with Crippen LogP contribution in [0.3, 0.4) is 0 Å². The number of fused-ring (bicyclic) bond motifs is 1. The highest BCUT2D eigenvalue weighted by molar-refractivity contribution is 5.80. The van der Waals surface area contributed by atoms with E-state index < -0.39 is 0 Å². The Morgan fingerprint density at radius 1 is 1.03 bits per heavy atom. The maximum atomic E-state index is 9.09. The van der Waals surface area contributed by atoms with Crippen LogP contribution in [0.1, 0.15) is 39.7 Å². The van der Waals surface area contributed by atoms with Crippen molar-refractivity contribution < 1.29 is 0 Å². The molecule has 0 amide bonds. The molecule has 4 aromatic rings. The molecule has 0 fully saturated rings. The fourth-order valence-corrected chi connectivity index (χ4v) is 3.38. The van der Waals surface area contributed by atoms with Gasteiger partial charge in [0.25, 0.3) is 0 Å². The number of anilines is 1. The summed E-state index contributed by atoms with van der Waals surface area (Å²) < 4.78 is 3.69. The van der Waals surface area contributed by atoms with E-state index in [9.17, 15) is 0 Å². The molecule has 158 valence electrons. The molecule has 0 bridgehead atoms. The topological polar surface area (TPSA) is 96.7 Å². The fraction of sp³-hybridized carbons (Fsp3) is 0.348. The zero-order chi connectivity index (χ0) is 22.0. The summed E-state index contributed by atoms with van der Waals surface area (Å²) in [5.74, 6) is 0.634. The van der Waals surface area contributed by atoms with E-state index in [2.05, 4.69) is 60.5 Å². The van der Waals surface area contributed by atoms with E-state index in [0.717, 1.165) is 41.2 Å². The molecule has 4 rings (SSSR count). The van der Waals surface area contributed by atoms with Gasteiger partial charge in [-0.05, 0) is 32.3 Å². The molecule has 8 nitrogen and oxygen atoms in total. The van der Waals surface area contributed by atoms with E-state index in [0.29, 0.717) is 17.1 Å². The Labute approximate surface area is 181 Å². The molecule has 0 aromatic carbocycles. The number of nitrogens with zero attached hydrogens (tertiary/aromatic N) is 7. The Morgan fingerprint density at radius 3 is 2.61 bits per heavy atom. The third-order valence-electron chi connectivity index (χ3n) is 4.98. The number of pyridine rings is 1. The van der Waals surface area contributed by atoms with Crippen LogP contribution >= 0.6 is 0 Å². The number of hydrogen-bond donors (Lipinski definition) is 1. The van der Waals surface area contributed by atoms with Crippen LogP contribution in [-0.4, -0.2) is 35.4 Å². The minimum Gasteiger partial charge on any atom is -0.382 e. The van der Waals surface area contributed by atoms with Crippen LogP contribution in [0.4, 0.5) is 5.69 Å². The number of nitriles is 1. The minimum absolute atomic E-state index is 0.253. The van der Waals surface area contributed by atoms with E-state index in [4.69, 9.17) is 10.2 Å². The van der Waals surface area contributed by atoms with Crippen LogP contribution in [0.5, 0.6) is 0 Å². The monoisotopic (exact) mass is 414 g/mol. The quantitative estimate of drug-likeness (QED) is 0.482. The predicted octanol–water partition coefficient (Wildman–Crippen LogP) is 4.39. The summed E-state index contributed by atoms with van der Waals surface area (Å²) in [5.41, 5.74) is 5.62. The molecule has 0 unspecified atom stereocenters. The highest BCUT2D eigenvalue weighted by Gasteiger charge is 2.15. The van der Waals surface area contributed by atoms with Crippen LogP contribution in [-0.2, 0) is 6.54 Å². The third-order valence-corrected chi connectivity index (χ3v) is 4.98. The van der Waals surface area contributed by atoms with Crippen molar-refractivity contribution in [3.05, 3.63) is 48.7 Å². The zero-order valence-corrected chi connectivity index (χ0v) is 18.2. The first-order chi connectivity index (χ1) is 14.9. The summed E-state index contributed by atoms with van der Waals surface area (Å²) in [5, 5.41) is 21.5. The van der Waals surface area contributed by atoms with Crippen molar-refractivity contribution in [2.45, 2.75) is 46.7 Å². The van der Waals surface area contributed by atoms with Gasteiger partial charge in [0.2, 0.25) is 0 Å². The van der Waals surface area contributed by atoms with Crippen molar-refractivity contribution in [1.29, 1.82) is 5.26 Å². The van der Waals surface area contributed by atoms with Gasteiger partial charge < -0.3 is 5.32 Å². The number of imidazole rings is 1. The highest BCUT2D eigenvalue weighted by Crippen LogP contribution is 2.31. The van der Waals surface area contributed by atoms with Crippen LogP contribution in [0, 0.1) is 17.2 Å². The smallest absolute Gasteiger partial charge is 0.155 e. The number of aromatic nitrogens is 6. The van der Waals surface area contributed by atoms with Crippen molar-refractivity contribution in [3.63, 3.8) is 0 Å². The molecule has 0 radical (unpaired) electrons. The van der Waals surface area contributed by atoms with Gasteiger partial charge in [-0.1, -0.05) is 13.8 Å². The Bertz CT molecular complexity index is 1240. The number of nitrogens with one attached hydrogen (secondary N) is 1. The molecule has 0 aliphatic heterocycles. The van der Waals surface area contributed by atoms with E-state index in [1.807, 2.05) is 23.1 Å². The van der Waals surface area contributed by atoms with Crippen LogP contribution in [0.15, 0.2) is 43.1 Å². The van der Waals surface area contributed by atoms with Gasteiger partial charge in [0.1, 0.15) is 11.8 Å². The first-order valence-electron chi connectivity index (χ1n) is 10.5. The van der Waals surface area contributed by atoms with Gasteiger partial charge in [0, 0.05) is 47.9 Å². The van der Waals surface area contributed by atoms with Crippen molar-refractivity contribution in [1.82, 2.24) is 29.4 Å². The highest BCUT2D eigenvalue weighted by atomic mass is 15.3. The van der Waals surface area contributed by atoms with Crippen LogP contribution in [0.2, 0.25) is 0 Å². The molecule has 0 saturated carbocycles. The van der Waals surface area contributed by atoms with Gasteiger partial charge in [-0.25, -0.2) is 9.50 Å². The van der Waals surface area contributed by atoms with E-state index in [1.165, 1.54) is 6.20 Å². The van der Waals surface area contributed by atoms with Gasteiger partial charge in [-0.2, -0.15) is 15.5 Å². The molecule has 31 heavy (non-hydrogen) atoms. The van der Waals surface area contributed by atoms with E-state index in [-0.39, 0.29) is 6.04 Å². The summed E-state index contributed by atoms with van der Waals surface area (Å²) in [6, 6.07) is 6.08. The lowest BCUT2D eigenvalue weighted by Crippen LogP contribution is -2.11. The summed E-state index contributed by atoms with van der Waals surface area (Å²) in [6.45, 7) is 9.54. The Kier molecular flexibility index (Phi) is 5.67. The Balaban J connectivity index is 1.72. The van der Waals surface area contributed by atoms with Gasteiger partial charge in [0.15, 0.2) is 5.65 Å². The molecule has 4 heterocycles. The van der Waals surface area contributed by atoms with Gasteiger partial charge in [0.05, 0.1) is 29.8 Å². The van der Waals surface area contributed by atoms with Gasteiger partial charge in [-0.3, -0.25) is 9.67 Å². The van der Waals surface area contributed by atoms with E-state index in [1.54, 1.807) is 16.8 Å². The predicted molar refractivity (Wildman–Crippen MR) is 120 cm³/mol. The molecule has 0 saturated heterocycles. The molecular weight excluding hydrogens is 388 g/mol. The average molecular weight is 415 g/mol. The van der Waals surface area contributed by atoms with Crippen LogP contribution in [0.25, 0.3) is 28.2 Å². The molecular formula is C23H26N8. The molecule has 0 atom stereocenters. The van der Waals surface area contributed by atoms with Gasteiger partial charge >= 0.3 is 0 Å². The molecule has 1 N–H and O–H groups in total. The second kappa shape index (κ2) is 8.56. The molecule has 8 heteroatoms. The van der Waals surface area contributed by atoms with Crippen molar-refractivity contribution >= 4 is 11.3 Å². The number of aryl methyl sites for hydroxylation is 1. The number of rotatable bonds is 7. The Morgan fingerprint density at radius 2 is 1.87 bits per heavy atom. The van der Waals surface area contributed by atoms with Crippen molar-refractivity contribution in [2.24, 2.45) is 5.92 Å². The van der Waals surface area contributed by atoms with E-state index >= 15 is 0 Å². The van der Waals surface area contributed by atoms with Crippen molar-refractivity contribution in [3.8, 4) is 28.6 Å². The largest absolute Gasteiger partial charge is 0.382 e. The third kappa shape index (κ3) is 4.40. The normalized spacial score (nSPS) is 11.4. The second-order valence-corrected chi connectivity index (χ2v) is 8.36. The summed E-state index contributed by atoms with van der Waals surface area (Å²) in [7, 11) is 0. The first kappa shape index (κ1) is 20.5. The van der Waals surface area contributed by atoms with Gasteiger partial charge in [-0.15, -0.1) is 0 Å². The average Bonchev–Trinajstić information content (AvgIpc) is 3.38. The fourth-order valence-electron chi connectivity index (χ4n) is 3.38. The summed E-state index contributed by atoms with van der Waals surface area (Å²) >= 11 is 0. The second-order valence-electron chi connectivity index (χ2n) is 8.36. The minimum atomic E-state index is 0.253. The van der Waals surface area contributed by atoms with Crippen LogP contribution < -0.4 is 5.32 Å². The summed E-state index contributed by atoms with van der Waals surface area (Å²) in [4.78, 5) is 9.09. The lowest BCUT2D eigenvalue weighted by molar-refractivity contribution is 0.487. The number of hydrogen-bond acceptors (Lipinski definition) is 6. The maximum Gasteiger partial charge on any atom is 0.155 e. The lowest BCUT2D eigenvalue weighted by atomic mass is 10.1. The molecule has 4 aromatic heterocycles.